The molecule has 0 saturated carbocycles. The zero-order valence-corrected chi connectivity index (χ0v) is 12.3. The first kappa shape index (κ1) is 13.8. The van der Waals surface area contributed by atoms with Crippen LogP contribution >= 0.6 is 11.6 Å². The van der Waals surface area contributed by atoms with Gasteiger partial charge in [0.1, 0.15) is 0 Å². The van der Waals surface area contributed by atoms with Crippen molar-refractivity contribution in [1.29, 1.82) is 0 Å². The Morgan fingerprint density at radius 2 is 1.79 bits per heavy atom. The summed E-state index contributed by atoms with van der Waals surface area (Å²) >= 11 is 6.03. The molecular weight excluding hydrogens is 256 g/mol. The normalized spacial score (nSPS) is 10.5. The van der Waals surface area contributed by atoms with E-state index in [9.17, 15) is 0 Å². The summed E-state index contributed by atoms with van der Waals surface area (Å²) in [5.41, 5.74) is 11.6. The van der Waals surface area contributed by atoms with Crippen molar-refractivity contribution < 1.29 is 0 Å². The van der Waals surface area contributed by atoms with Crippen molar-refractivity contribution in [3.8, 4) is 0 Å². The van der Waals surface area contributed by atoms with Crippen LogP contribution in [0.25, 0.3) is 0 Å². The van der Waals surface area contributed by atoms with Crippen molar-refractivity contribution in [2.24, 2.45) is 0 Å². The Bertz CT molecular complexity index is 593. The zero-order chi connectivity index (χ0) is 14.0. The van der Waals surface area contributed by atoms with E-state index in [0.717, 1.165) is 17.9 Å². The number of aryl methyl sites for hydroxylation is 2. The molecule has 0 aliphatic rings. The van der Waals surface area contributed by atoms with E-state index in [1.165, 1.54) is 16.7 Å². The van der Waals surface area contributed by atoms with Crippen LogP contribution in [0.15, 0.2) is 36.4 Å². The molecular formula is C16H19ClN2. The van der Waals surface area contributed by atoms with E-state index < -0.39 is 0 Å². The zero-order valence-electron chi connectivity index (χ0n) is 11.6. The van der Waals surface area contributed by atoms with Gasteiger partial charge in [-0.3, -0.25) is 0 Å². The first-order valence-electron chi connectivity index (χ1n) is 6.29. The molecule has 0 fully saturated rings. The fraction of sp³-hybridized carbons (Fsp3) is 0.250. The molecule has 2 N–H and O–H groups in total. The highest BCUT2D eigenvalue weighted by atomic mass is 35.5. The molecule has 3 heteroatoms. The number of halogens is 1. The van der Waals surface area contributed by atoms with Crippen molar-refractivity contribution in [3.05, 3.63) is 58.1 Å². The highest BCUT2D eigenvalue weighted by Gasteiger charge is 2.07. The Morgan fingerprint density at radius 1 is 1.05 bits per heavy atom. The maximum atomic E-state index is 6.03. The molecule has 0 radical (unpaired) electrons. The second kappa shape index (κ2) is 5.54. The Balaban J connectivity index is 2.22. The minimum absolute atomic E-state index is 0.705. The van der Waals surface area contributed by atoms with Gasteiger partial charge in [-0.25, -0.2) is 0 Å². The van der Waals surface area contributed by atoms with Gasteiger partial charge in [0.15, 0.2) is 0 Å². The molecule has 100 valence electrons. The number of benzene rings is 2. The van der Waals surface area contributed by atoms with E-state index in [0.29, 0.717) is 5.02 Å². The molecule has 2 rings (SSSR count). The summed E-state index contributed by atoms with van der Waals surface area (Å²) in [6.07, 6.45) is 0. The molecule has 0 unspecified atom stereocenters. The Hall–Kier alpha value is -1.67. The van der Waals surface area contributed by atoms with Crippen LogP contribution in [0.5, 0.6) is 0 Å². The molecule has 19 heavy (non-hydrogen) atoms. The van der Waals surface area contributed by atoms with Gasteiger partial charge in [0, 0.05) is 18.6 Å². The summed E-state index contributed by atoms with van der Waals surface area (Å²) in [6.45, 7) is 5.07. The van der Waals surface area contributed by atoms with E-state index in [-0.39, 0.29) is 0 Å². The Morgan fingerprint density at radius 3 is 2.47 bits per heavy atom. The summed E-state index contributed by atoms with van der Waals surface area (Å²) < 4.78 is 0. The lowest BCUT2D eigenvalue weighted by molar-refractivity contribution is 0.922. The lowest BCUT2D eigenvalue weighted by Crippen LogP contribution is -2.17. The van der Waals surface area contributed by atoms with Crippen LogP contribution in [0.1, 0.15) is 16.7 Å². The molecule has 2 aromatic rings. The molecule has 0 atom stereocenters. The first-order valence-corrected chi connectivity index (χ1v) is 6.67. The summed E-state index contributed by atoms with van der Waals surface area (Å²) in [6, 6.07) is 12.1. The number of hydrogen-bond acceptors (Lipinski definition) is 2. The van der Waals surface area contributed by atoms with Gasteiger partial charge < -0.3 is 10.6 Å². The van der Waals surface area contributed by atoms with Crippen molar-refractivity contribution in [3.63, 3.8) is 0 Å². The molecule has 0 aliphatic carbocycles. The minimum atomic E-state index is 0.705. The van der Waals surface area contributed by atoms with Crippen LogP contribution < -0.4 is 10.6 Å². The third-order valence-electron chi connectivity index (χ3n) is 3.39. The van der Waals surface area contributed by atoms with Crippen LogP contribution in [0.3, 0.4) is 0 Å². The minimum Gasteiger partial charge on any atom is -0.397 e. The molecule has 2 nitrogen and oxygen atoms in total. The third kappa shape index (κ3) is 3.21. The molecule has 0 saturated heterocycles. The Labute approximate surface area is 119 Å². The average Bonchev–Trinajstić information content (AvgIpc) is 2.36. The maximum absolute atomic E-state index is 6.03. The van der Waals surface area contributed by atoms with Crippen LogP contribution in [0.2, 0.25) is 5.02 Å². The number of nitrogens with zero attached hydrogens (tertiary/aromatic N) is 1. The van der Waals surface area contributed by atoms with Gasteiger partial charge >= 0.3 is 0 Å². The molecule has 2 aromatic carbocycles. The number of anilines is 2. The average molecular weight is 275 g/mol. The maximum Gasteiger partial charge on any atom is 0.0615 e. The van der Waals surface area contributed by atoms with Gasteiger partial charge in [-0.2, -0.15) is 0 Å². The first-order chi connectivity index (χ1) is 8.97. The fourth-order valence-electron chi connectivity index (χ4n) is 2.11. The van der Waals surface area contributed by atoms with Crippen LogP contribution in [0.4, 0.5) is 11.4 Å². The smallest absolute Gasteiger partial charge is 0.0615 e. The predicted molar refractivity (Wildman–Crippen MR) is 83.9 cm³/mol. The molecule has 0 aromatic heterocycles. The number of rotatable bonds is 3. The molecule has 0 amide bonds. The summed E-state index contributed by atoms with van der Waals surface area (Å²) in [5.74, 6) is 0. The molecule has 0 bridgehead atoms. The van der Waals surface area contributed by atoms with Crippen LogP contribution in [-0.2, 0) is 6.54 Å². The monoisotopic (exact) mass is 274 g/mol. The highest BCUT2D eigenvalue weighted by molar-refractivity contribution is 6.31. The van der Waals surface area contributed by atoms with E-state index >= 15 is 0 Å². The van der Waals surface area contributed by atoms with Gasteiger partial charge in [-0.05, 0) is 48.7 Å². The summed E-state index contributed by atoms with van der Waals surface area (Å²) in [4.78, 5) is 2.12. The van der Waals surface area contributed by atoms with E-state index in [1.807, 2.05) is 25.2 Å². The fourth-order valence-corrected chi connectivity index (χ4v) is 2.27. The van der Waals surface area contributed by atoms with E-state index in [1.54, 1.807) is 0 Å². The number of nitrogens with two attached hydrogens (primary N) is 1. The molecule has 0 spiro atoms. The van der Waals surface area contributed by atoms with Gasteiger partial charge in [-0.15, -0.1) is 0 Å². The van der Waals surface area contributed by atoms with Crippen LogP contribution in [0, 0.1) is 13.8 Å². The largest absolute Gasteiger partial charge is 0.397 e. The summed E-state index contributed by atoms with van der Waals surface area (Å²) in [5, 5.41) is 0.705. The summed E-state index contributed by atoms with van der Waals surface area (Å²) in [7, 11) is 2.03. The standard InChI is InChI=1S/C16H19ClN2/c1-11-4-5-13(8-12(11)2)10-19(3)16-9-14(17)6-7-15(16)18/h4-9H,10,18H2,1-3H3. The molecule has 0 aliphatic heterocycles. The van der Waals surface area contributed by atoms with Crippen molar-refractivity contribution in [1.82, 2.24) is 0 Å². The predicted octanol–water partition coefficient (Wildman–Crippen LogP) is 4.18. The second-order valence-electron chi connectivity index (χ2n) is 4.98. The van der Waals surface area contributed by atoms with E-state index in [4.69, 9.17) is 17.3 Å². The SMILES string of the molecule is Cc1ccc(CN(C)c2cc(Cl)ccc2N)cc1C. The quantitative estimate of drug-likeness (QED) is 0.851. The van der Waals surface area contributed by atoms with Gasteiger partial charge in [0.2, 0.25) is 0 Å². The van der Waals surface area contributed by atoms with Gasteiger partial charge in [0.25, 0.3) is 0 Å². The van der Waals surface area contributed by atoms with Crippen LogP contribution in [-0.4, -0.2) is 7.05 Å². The van der Waals surface area contributed by atoms with E-state index in [2.05, 4.69) is 36.9 Å². The van der Waals surface area contributed by atoms with Crippen molar-refractivity contribution in [2.45, 2.75) is 20.4 Å². The van der Waals surface area contributed by atoms with Gasteiger partial charge in [-0.1, -0.05) is 29.8 Å². The third-order valence-corrected chi connectivity index (χ3v) is 3.63. The topological polar surface area (TPSA) is 29.3 Å². The number of nitrogen functional groups attached to an aromatic ring is 1. The van der Waals surface area contributed by atoms with Gasteiger partial charge in [0.05, 0.1) is 11.4 Å². The lowest BCUT2D eigenvalue weighted by atomic mass is 10.1. The number of hydrogen-bond donors (Lipinski definition) is 1. The lowest BCUT2D eigenvalue weighted by Gasteiger charge is -2.22. The molecule has 0 heterocycles. The van der Waals surface area contributed by atoms with Crippen molar-refractivity contribution >= 4 is 23.0 Å². The Kier molecular flexibility index (Phi) is 4.01. The highest BCUT2D eigenvalue weighted by Crippen LogP contribution is 2.27. The second-order valence-corrected chi connectivity index (χ2v) is 5.41. The van der Waals surface area contributed by atoms with Crippen molar-refractivity contribution in [2.75, 3.05) is 17.7 Å².